The first-order chi connectivity index (χ1) is 11.5. The highest BCUT2D eigenvalue weighted by Crippen LogP contribution is 2.28. The molecule has 0 spiro atoms. The van der Waals surface area contributed by atoms with Crippen LogP contribution in [0.15, 0.2) is 18.2 Å². The molecule has 8 nitrogen and oxygen atoms in total. The quantitative estimate of drug-likeness (QED) is 0.548. The van der Waals surface area contributed by atoms with Gasteiger partial charge in [-0.3, -0.25) is 14.9 Å². The maximum atomic E-state index is 12.3. The third-order valence-electron chi connectivity index (χ3n) is 3.50. The number of carboxylic acids is 1. The number of amides is 1. The van der Waals surface area contributed by atoms with Gasteiger partial charge in [-0.15, -0.1) is 0 Å². The molecule has 1 aromatic rings. The summed E-state index contributed by atoms with van der Waals surface area (Å²) >= 11 is 0. The predicted molar refractivity (Wildman–Crippen MR) is 91.8 cm³/mol. The standard InChI is InChI=1S/C17H24N2O6/c1-5-25-14-7-6-11(10-13(14)19(23)24)15(20)18-12(16(21)22)8-9-17(2,3)4/h6-7,10,12H,5,8-9H2,1-4H3,(H,18,20)(H,21,22). The Kier molecular flexibility index (Phi) is 6.90. The van der Waals surface area contributed by atoms with Crippen LogP contribution < -0.4 is 10.1 Å². The summed E-state index contributed by atoms with van der Waals surface area (Å²) in [6.45, 7) is 7.87. The number of rotatable bonds is 8. The fourth-order valence-electron chi connectivity index (χ4n) is 2.16. The predicted octanol–water partition coefficient (Wildman–Crippen LogP) is 3.00. The van der Waals surface area contributed by atoms with E-state index < -0.39 is 22.8 Å². The molecule has 25 heavy (non-hydrogen) atoms. The number of nitro groups is 1. The van der Waals surface area contributed by atoms with Crippen molar-refractivity contribution >= 4 is 17.6 Å². The summed E-state index contributed by atoms with van der Waals surface area (Å²) in [5, 5.41) is 22.8. The van der Waals surface area contributed by atoms with E-state index >= 15 is 0 Å². The minimum atomic E-state index is -1.14. The molecule has 1 aromatic carbocycles. The van der Waals surface area contributed by atoms with E-state index in [1.807, 2.05) is 20.8 Å². The topological polar surface area (TPSA) is 119 Å². The third kappa shape index (κ3) is 6.40. The second-order valence-corrected chi connectivity index (χ2v) is 6.84. The number of nitrogens with one attached hydrogen (secondary N) is 1. The van der Waals surface area contributed by atoms with Gasteiger partial charge in [0.25, 0.3) is 5.91 Å². The van der Waals surface area contributed by atoms with Crippen LogP contribution in [0.3, 0.4) is 0 Å². The molecule has 0 aliphatic carbocycles. The molecule has 138 valence electrons. The van der Waals surface area contributed by atoms with Gasteiger partial charge >= 0.3 is 11.7 Å². The minimum absolute atomic E-state index is 0.0113. The van der Waals surface area contributed by atoms with Crippen molar-refractivity contribution in [2.45, 2.75) is 46.6 Å². The van der Waals surface area contributed by atoms with Crippen LogP contribution in [0.1, 0.15) is 50.9 Å². The molecule has 0 aromatic heterocycles. The van der Waals surface area contributed by atoms with Crippen LogP contribution in [0.5, 0.6) is 5.75 Å². The van der Waals surface area contributed by atoms with Crippen LogP contribution in [-0.2, 0) is 4.79 Å². The minimum Gasteiger partial charge on any atom is -0.487 e. The highest BCUT2D eigenvalue weighted by molar-refractivity contribution is 5.97. The molecule has 2 N–H and O–H groups in total. The molecule has 1 amide bonds. The molecule has 0 saturated heterocycles. The lowest BCUT2D eigenvalue weighted by Crippen LogP contribution is -2.41. The summed E-state index contributed by atoms with van der Waals surface area (Å²) in [7, 11) is 0. The Morgan fingerprint density at radius 3 is 2.48 bits per heavy atom. The van der Waals surface area contributed by atoms with Gasteiger partial charge in [-0.2, -0.15) is 0 Å². The van der Waals surface area contributed by atoms with E-state index in [1.54, 1.807) is 6.92 Å². The van der Waals surface area contributed by atoms with E-state index in [-0.39, 0.29) is 35.4 Å². The molecule has 1 unspecified atom stereocenters. The smallest absolute Gasteiger partial charge is 0.326 e. The van der Waals surface area contributed by atoms with Crippen molar-refractivity contribution in [2.75, 3.05) is 6.61 Å². The zero-order valence-corrected chi connectivity index (χ0v) is 14.9. The van der Waals surface area contributed by atoms with Gasteiger partial charge in [-0.1, -0.05) is 20.8 Å². The zero-order chi connectivity index (χ0) is 19.2. The Bertz CT molecular complexity index is 651. The number of nitro benzene ring substituents is 1. The number of ether oxygens (including phenoxy) is 1. The average molecular weight is 352 g/mol. The van der Waals surface area contributed by atoms with Crippen molar-refractivity contribution in [2.24, 2.45) is 5.41 Å². The maximum absolute atomic E-state index is 12.3. The lowest BCUT2D eigenvalue weighted by molar-refractivity contribution is -0.385. The van der Waals surface area contributed by atoms with E-state index in [9.17, 15) is 24.8 Å². The Labute approximate surface area is 146 Å². The molecule has 1 rings (SSSR count). The number of carbonyl (C=O) groups is 2. The zero-order valence-electron chi connectivity index (χ0n) is 14.9. The monoisotopic (exact) mass is 352 g/mol. The average Bonchev–Trinajstić information content (AvgIpc) is 2.50. The first-order valence-corrected chi connectivity index (χ1v) is 8.00. The largest absolute Gasteiger partial charge is 0.487 e. The van der Waals surface area contributed by atoms with E-state index in [4.69, 9.17) is 4.74 Å². The Morgan fingerprint density at radius 1 is 1.36 bits per heavy atom. The number of nitrogens with zero attached hydrogens (tertiary/aromatic N) is 1. The summed E-state index contributed by atoms with van der Waals surface area (Å²) in [4.78, 5) is 34.1. The molecule has 0 heterocycles. The normalized spacial score (nSPS) is 12.3. The SMILES string of the molecule is CCOc1ccc(C(=O)NC(CCC(C)(C)C)C(=O)O)cc1[N+](=O)[O-]. The third-order valence-corrected chi connectivity index (χ3v) is 3.50. The van der Waals surface area contributed by atoms with Crippen LogP contribution in [0, 0.1) is 15.5 Å². The molecular weight excluding hydrogens is 328 g/mol. The van der Waals surface area contributed by atoms with Crippen LogP contribution in [-0.4, -0.2) is 34.6 Å². The summed E-state index contributed by atoms with van der Waals surface area (Å²) < 4.78 is 5.16. The van der Waals surface area contributed by atoms with Crippen molar-refractivity contribution in [1.82, 2.24) is 5.32 Å². The van der Waals surface area contributed by atoms with Crippen LogP contribution in [0.25, 0.3) is 0 Å². The molecule has 1 atom stereocenters. The molecule has 0 bridgehead atoms. The van der Waals surface area contributed by atoms with E-state index in [1.165, 1.54) is 12.1 Å². The van der Waals surface area contributed by atoms with Crippen molar-refractivity contribution in [3.05, 3.63) is 33.9 Å². The number of hydrogen-bond donors (Lipinski definition) is 2. The highest BCUT2D eigenvalue weighted by Gasteiger charge is 2.25. The number of hydrogen-bond acceptors (Lipinski definition) is 5. The summed E-state index contributed by atoms with van der Waals surface area (Å²) in [6.07, 6.45) is 0.872. The van der Waals surface area contributed by atoms with Crippen LogP contribution in [0.4, 0.5) is 5.69 Å². The maximum Gasteiger partial charge on any atom is 0.326 e. The first-order valence-electron chi connectivity index (χ1n) is 8.00. The fraction of sp³-hybridized carbons (Fsp3) is 0.529. The first kappa shape index (κ1) is 20.4. The van der Waals surface area contributed by atoms with Gasteiger partial charge in [0.2, 0.25) is 0 Å². The molecule has 0 aliphatic rings. The highest BCUT2D eigenvalue weighted by atomic mass is 16.6. The molecule has 8 heteroatoms. The second kappa shape index (κ2) is 8.46. The van der Waals surface area contributed by atoms with Crippen molar-refractivity contribution < 1.29 is 24.4 Å². The van der Waals surface area contributed by atoms with Crippen molar-refractivity contribution in [3.8, 4) is 5.75 Å². The molecule has 0 radical (unpaired) electrons. The fourth-order valence-corrected chi connectivity index (χ4v) is 2.16. The number of aliphatic carboxylic acids is 1. The van der Waals surface area contributed by atoms with Gasteiger partial charge in [0, 0.05) is 11.6 Å². The number of carbonyl (C=O) groups excluding carboxylic acids is 1. The van der Waals surface area contributed by atoms with Gasteiger partial charge in [0.1, 0.15) is 6.04 Å². The Balaban J connectivity index is 2.95. The molecule has 0 fully saturated rings. The van der Waals surface area contributed by atoms with Gasteiger partial charge in [0.05, 0.1) is 11.5 Å². The Hall–Kier alpha value is -2.64. The second-order valence-electron chi connectivity index (χ2n) is 6.84. The molecular formula is C17H24N2O6. The number of carboxylic acid groups (broad SMARTS) is 1. The van der Waals surface area contributed by atoms with Gasteiger partial charge < -0.3 is 15.2 Å². The van der Waals surface area contributed by atoms with E-state index in [2.05, 4.69) is 5.32 Å². The lowest BCUT2D eigenvalue weighted by Gasteiger charge is -2.21. The lowest BCUT2D eigenvalue weighted by atomic mass is 9.88. The Morgan fingerprint density at radius 2 is 2.00 bits per heavy atom. The summed E-state index contributed by atoms with van der Waals surface area (Å²) in [5.41, 5.74) is -0.399. The van der Waals surface area contributed by atoms with Crippen molar-refractivity contribution in [1.29, 1.82) is 0 Å². The van der Waals surface area contributed by atoms with E-state index in [0.717, 1.165) is 6.07 Å². The van der Waals surface area contributed by atoms with Gasteiger partial charge in [-0.05, 0) is 37.3 Å². The van der Waals surface area contributed by atoms with Crippen LogP contribution >= 0.6 is 0 Å². The summed E-state index contributed by atoms with van der Waals surface area (Å²) in [6, 6.07) is 2.73. The molecule has 0 saturated carbocycles. The van der Waals surface area contributed by atoms with Gasteiger partial charge in [0.15, 0.2) is 5.75 Å². The summed E-state index contributed by atoms with van der Waals surface area (Å²) in [5.74, 6) is -1.75. The van der Waals surface area contributed by atoms with E-state index in [0.29, 0.717) is 6.42 Å². The van der Waals surface area contributed by atoms with Crippen LogP contribution in [0.2, 0.25) is 0 Å². The van der Waals surface area contributed by atoms with Gasteiger partial charge in [-0.25, -0.2) is 4.79 Å². The molecule has 0 aliphatic heterocycles. The number of benzene rings is 1. The van der Waals surface area contributed by atoms with Crippen molar-refractivity contribution in [3.63, 3.8) is 0 Å².